The first-order valence-electron chi connectivity index (χ1n) is 9.47. The van der Waals surface area contributed by atoms with E-state index in [4.69, 9.17) is 9.47 Å². The second-order valence-electron chi connectivity index (χ2n) is 6.63. The second kappa shape index (κ2) is 8.75. The van der Waals surface area contributed by atoms with E-state index < -0.39 is 0 Å². The van der Waals surface area contributed by atoms with Crippen molar-refractivity contribution in [2.24, 2.45) is 0 Å². The van der Waals surface area contributed by atoms with Crippen LogP contribution in [0.2, 0.25) is 0 Å². The molecule has 0 saturated heterocycles. The van der Waals surface area contributed by atoms with Crippen LogP contribution in [0.25, 0.3) is 0 Å². The largest absolute Gasteiger partial charge is 0.488 e. The molecule has 0 saturated carbocycles. The van der Waals surface area contributed by atoms with E-state index >= 15 is 0 Å². The van der Waals surface area contributed by atoms with E-state index in [1.807, 2.05) is 49.1 Å². The van der Waals surface area contributed by atoms with Crippen molar-refractivity contribution >= 4 is 11.7 Å². The summed E-state index contributed by atoms with van der Waals surface area (Å²) in [5.41, 5.74) is 2.65. The van der Waals surface area contributed by atoms with E-state index in [2.05, 4.69) is 4.98 Å². The number of hydrogen-bond donors (Lipinski definition) is 1. The molecule has 0 radical (unpaired) electrons. The Morgan fingerprint density at radius 2 is 2.19 bits per heavy atom. The zero-order valence-corrected chi connectivity index (χ0v) is 15.9. The normalized spacial score (nSPS) is 15.6. The first kappa shape index (κ1) is 19.0. The van der Waals surface area contributed by atoms with Gasteiger partial charge in [0, 0.05) is 12.7 Å². The molecular weight excluding hydrogens is 344 g/mol. The molecule has 144 valence electrons. The summed E-state index contributed by atoms with van der Waals surface area (Å²) >= 11 is 0. The number of pyridine rings is 1. The van der Waals surface area contributed by atoms with Gasteiger partial charge in [0.2, 0.25) is 0 Å². The Kier molecular flexibility index (Phi) is 6.16. The van der Waals surface area contributed by atoms with Crippen LogP contribution in [0.1, 0.15) is 31.4 Å². The van der Waals surface area contributed by atoms with Crippen molar-refractivity contribution in [1.29, 1.82) is 0 Å². The fraction of sp³-hybridized carbons (Fsp3) is 0.429. The summed E-state index contributed by atoms with van der Waals surface area (Å²) in [7, 11) is 0. The third-order valence-corrected chi connectivity index (χ3v) is 4.75. The number of likely N-dealkylation sites (N-methyl/N-ethyl adjacent to an activating group) is 1. The maximum absolute atomic E-state index is 12.1. The maximum atomic E-state index is 12.1. The number of hydrogen-bond acceptors (Lipinski definition) is 5. The van der Waals surface area contributed by atoms with Crippen LogP contribution in [0.15, 0.2) is 41.3 Å². The Labute approximate surface area is 159 Å². The number of aromatic nitrogens is 1. The predicted octanol–water partition coefficient (Wildman–Crippen LogP) is 2.70. The summed E-state index contributed by atoms with van der Waals surface area (Å²) in [5.74, 6) is 0.649. The number of ether oxygens (including phenoxy) is 2. The summed E-state index contributed by atoms with van der Waals surface area (Å²) in [6.45, 7) is 5.63. The molecule has 1 aromatic carbocycles. The quantitative estimate of drug-likeness (QED) is 0.759. The minimum atomic E-state index is -0.210. The van der Waals surface area contributed by atoms with E-state index in [9.17, 15) is 9.59 Å². The average Bonchev–Trinajstić information content (AvgIpc) is 2.67. The molecule has 0 bridgehead atoms. The lowest BCUT2D eigenvalue weighted by atomic mass is 9.98. The van der Waals surface area contributed by atoms with Gasteiger partial charge in [-0.3, -0.25) is 9.59 Å². The number of H-pyrrole nitrogens is 1. The summed E-state index contributed by atoms with van der Waals surface area (Å²) in [6, 6.07) is 9.55. The first-order valence-corrected chi connectivity index (χ1v) is 9.47. The molecule has 6 heteroatoms. The zero-order chi connectivity index (χ0) is 19.2. The summed E-state index contributed by atoms with van der Waals surface area (Å²) in [4.78, 5) is 28.5. The van der Waals surface area contributed by atoms with Gasteiger partial charge in [0.05, 0.1) is 19.6 Å². The number of aryl methyl sites for hydroxylation is 1. The SMILES string of the molecule is CCOC(=O)Cc1ccc2c(c1)CCC(CN(CC)c1ccc[nH]c1=O)O2. The van der Waals surface area contributed by atoms with Gasteiger partial charge in [-0.15, -0.1) is 0 Å². The van der Waals surface area contributed by atoms with E-state index in [0.29, 0.717) is 18.8 Å². The third-order valence-electron chi connectivity index (χ3n) is 4.75. The number of nitrogens with one attached hydrogen (secondary N) is 1. The van der Waals surface area contributed by atoms with E-state index in [1.54, 1.807) is 6.20 Å². The fourth-order valence-electron chi connectivity index (χ4n) is 3.42. The summed E-state index contributed by atoms with van der Waals surface area (Å²) in [5, 5.41) is 0. The Morgan fingerprint density at radius 3 is 2.93 bits per heavy atom. The molecule has 1 unspecified atom stereocenters. The lowest BCUT2D eigenvalue weighted by molar-refractivity contribution is -0.142. The van der Waals surface area contributed by atoms with Gasteiger partial charge in [0.1, 0.15) is 17.5 Å². The molecule has 27 heavy (non-hydrogen) atoms. The molecule has 1 atom stereocenters. The Bertz CT molecular complexity index is 846. The highest BCUT2D eigenvalue weighted by Gasteiger charge is 2.23. The number of rotatable bonds is 7. The topological polar surface area (TPSA) is 71.6 Å². The standard InChI is InChI=1S/C21H26N2O4/c1-3-23(18-6-5-11-22-21(18)25)14-17-9-8-16-12-15(7-10-19(16)27-17)13-20(24)26-4-2/h5-7,10-12,17H,3-4,8-9,13-14H2,1-2H3,(H,22,25). The number of carbonyl (C=O) groups excluding carboxylic acids is 1. The summed E-state index contributed by atoms with van der Waals surface area (Å²) < 4.78 is 11.2. The number of aromatic amines is 1. The first-order chi connectivity index (χ1) is 13.1. The van der Waals surface area contributed by atoms with Crippen molar-refractivity contribution in [2.75, 3.05) is 24.6 Å². The van der Waals surface area contributed by atoms with Crippen molar-refractivity contribution in [2.45, 2.75) is 39.2 Å². The molecule has 1 aromatic heterocycles. The van der Waals surface area contributed by atoms with Crippen LogP contribution in [0.5, 0.6) is 5.75 Å². The van der Waals surface area contributed by atoms with Crippen molar-refractivity contribution in [3.8, 4) is 5.75 Å². The number of nitrogens with zero attached hydrogens (tertiary/aromatic N) is 1. The van der Waals surface area contributed by atoms with Crippen LogP contribution >= 0.6 is 0 Å². The van der Waals surface area contributed by atoms with Crippen molar-refractivity contribution < 1.29 is 14.3 Å². The van der Waals surface area contributed by atoms with Gasteiger partial charge in [-0.2, -0.15) is 0 Å². The molecule has 2 heterocycles. The molecule has 0 fully saturated rings. The number of fused-ring (bicyclic) bond motifs is 1. The van der Waals surface area contributed by atoms with Crippen LogP contribution in [0, 0.1) is 0 Å². The highest BCUT2D eigenvalue weighted by molar-refractivity contribution is 5.72. The Balaban J connectivity index is 1.66. The van der Waals surface area contributed by atoms with Crippen molar-refractivity contribution in [3.63, 3.8) is 0 Å². The third kappa shape index (κ3) is 4.70. The molecule has 0 amide bonds. The molecule has 3 rings (SSSR count). The van der Waals surface area contributed by atoms with Crippen LogP contribution < -0.4 is 15.2 Å². The monoisotopic (exact) mass is 370 g/mol. The molecule has 1 aliphatic rings. The number of carbonyl (C=O) groups is 1. The zero-order valence-electron chi connectivity index (χ0n) is 15.9. The van der Waals surface area contributed by atoms with Gasteiger partial charge in [-0.05, 0) is 56.0 Å². The molecule has 0 spiro atoms. The Hall–Kier alpha value is -2.76. The van der Waals surface area contributed by atoms with Gasteiger partial charge in [-0.1, -0.05) is 12.1 Å². The summed E-state index contributed by atoms with van der Waals surface area (Å²) in [6.07, 6.45) is 3.70. The molecule has 0 aliphatic carbocycles. The number of esters is 1. The van der Waals surface area contributed by atoms with E-state index in [-0.39, 0.29) is 24.1 Å². The maximum Gasteiger partial charge on any atom is 0.310 e. The lowest BCUT2D eigenvalue weighted by Crippen LogP contribution is -2.39. The smallest absolute Gasteiger partial charge is 0.310 e. The molecule has 6 nitrogen and oxygen atoms in total. The molecule has 1 N–H and O–H groups in total. The van der Waals surface area contributed by atoms with Crippen LogP contribution in [-0.2, 0) is 22.4 Å². The predicted molar refractivity (Wildman–Crippen MR) is 104 cm³/mol. The molecule has 1 aliphatic heterocycles. The Morgan fingerprint density at radius 1 is 1.33 bits per heavy atom. The van der Waals surface area contributed by atoms with Crippen molar-refractivity contribution in [3.05, 3.63) is 58.0 Å². The minimum absolute atomic E-state index is 0.0213. The fourth-order valence-corrected chi connectivity index (χ4v) is 3.42. The second-order valence-corrected chi connectivity index (χ2v) is 6.63. The van der Waals surface area contributed by atoms with Gasteiger partial charge in [0.25, 0.3) is 5.56 Å². The number of benzene rings is 1. The average molecular weight is 370 g/mol. The van der Waals surface area contributed by atoms with Crippen LogP contribution in [0.4, 0.5) is 5.69 Å². The van der Waals surface area contributed by atoms with Gasteiger partial charge < -0.3 is 19.4 Å². The minimum Gasteiger partial charge on any atom is -0.488 e. The lowest BCUT2D eigenvalue weighted by Gasteiger charge is -2.31. The van der Waals surface area contributed by atoms with Gasteiger partial charge in [0.15, 0.2) is 0 Å². The van der Waals surface area contributed by atoms with Crippen LogP contribution in [-0.4, -0.2) is 36.8 Å². The molecular formula is C21H26N2O4. The highest BCUT2D eigenvalue weighted by atomic mass is 16.5. The highest BCUT2D eigenvalue weighted by Crippen LogP contribution is 2.29. The van der Waals surface area contributed by atoms with Gasteiger partial charge in [-0.25, -0.2) is 0 Å². The van der Waals surface area contributed by atoms with Crippen LogP contribution in [0.3, 0.4) is 0 Å². The van der Waals surface area contributed by atoms with E-state index in [0.717, 1.165) is 36.3 Å². The number of anilines is 1. The molecule has 2 aromatic rings. The van der Waals surface area contributed by atoms with Crippen molar-refractivity contribution in [1.82, 2.24) is 4.98 Å². The van der Waals surface area contributed by atoms with Gasteiger partial charge >= 0.3 is 5.97 Å². The van der Waals surface area contributed by atoms with E-state index in [1.165, 1.54) is 0 Å².